The lowest BCUT2D eigenvalue weighted by molar-refractivity contribution is 0.0945. The fraction of sp³-hybridized carbons (Fsp3) is 0.263. The highest BCUT2D eigenvalue weighted by Crippen LogP contribution is 2.15. The van der Waals surface area contributed by atoms with Gasteiger partial charge in [-0.15, -0.1) is 0 Å². The van der Waals surface area contributed by atoms with E-state index in [1.54, 1.807) is 6.20 Å². The van der Waals surface area contributed by atoms with Gasteiger partial charge in [0.15, 0.2) is 0 Å². The number of hydrogen-bond donors (Lipinski definition) is 1. The molecule has 0 radical (unpaired) electrons. The molecule has 0 fully saturated rings. The van der Waals surface area contributed by atoms with Gasteiger partial charge in [-0.1, -0.05) is 30.3 Å². The Kier molecular flexibility index (Phi) is 4.88. The van der Waals surface area contributed by atoms with E-state index in [2.05, 4.69) is 32.5 Å². The number of carbonyl (C=O) groups is 1. The summed E-state index contributed by atoms with van der Waals surface area (Å²) in [5, 5.41) is 7.50. The van der Waals surface area contributed by atoms with Gasteiger partial charge in [0, 0.05) is 24.0 Å². The zero-order chi connectivity index (χ0) is 17.8. The maximum Gasteiger partial charge on any atom is 0.271 e. The Balaban J connectivity index is 1.70. The highest BCUT2D eigenvalue weighted by atomic mass is 16.1. The van der Waals surface area contributed by atoms with Crippen molar-refractivity contribution in [2.75, 3.05) is 0 Å². The number of rotatable bonds is 5. The molecule has 0 saturated heterocycles. The Bertz CT molecular complexity index is 869. The number of aryl methyl sites for hydroxylation is 2. The molecule has 1 N–H and O–H groups in total. The first-order chi connectivity index (χ1) is 12.0. The van der Waals surface area contributed by atoms with Crippen molar-refractivity contribution in [2.45, 2.75) is 33.9 Å². The molecule has 0 atom stereocenters. The molecule has 0 bridgehead atoms. The summed E-state index contributed by atoms with van der Waals surface area (Å²) in [6.45, 7) is 6.95. The van der Waals surface area contributed by atoms with Gasteiger partial charge in [0.2, 0.25) is 0 Å². The normalized spacial score (nSPS) is 10.7. The van der Waals surface area contributed by atoms with Crippen molar-refractivity contribution >= 4 is 5.91 Å². The predicted octanol–water partition coefficient (Wildman–Crippen LogP) is 2.58. The van der Waals surface area contributed by atoms with Gasteiger partial charge in [0.1, 0.15) is 5.69 Å². The van der Waals surface area contributed by atoms with Crippen molar-refractivity contribution < 1.29 is 4.79 Å². The third-order valence-electron chi connectivity index (χ3n) is 4.15. The van der Waals surface area contributed by atoms with Gasteiger partial charge >= 0.3 is 0 Å². The van der Waals surface area contributed by atoms with Crippen LogP contribution in [0.25, 0.3) is 0 Å². The van der Waals surface area contributed by atoms with Crippen LogP contribution in [0.5, 0.6) is 0 Å². The highest BCUT2D eigenvalue weighted by molar-refractivity contribution is 5.91. The van der Waals surface area contributed by atoms with Crippen LogP contribution in [0, 0.1) is 20.8 Å². The maximum absolute atomic E-state index is 12.2. The Labute approximate surface area is 146 Å². The molecule has 1 amide bonds. The molecule has 0 saturated carbocycles. The molecule has 25 heavy (non-hydrogen) atoms. The Hall–Kier alpha value is -3.02. The zero-order valence-corrected chi connectivity index (χ0v) is 14.7. The van der Waals surface area contributed by atoms with E-state index in [0.717, 1.165) is 22.6 Å². The van der Waals surface area contributed by atoms with Crippen molar-refractivity contribution in [3.63, 3.8) is 0 Å². The monoisotopic (exact) mass is 335 g/mol. The number of nitrogens with zero attached hydrogens (tertiary/aromatic N) is 4. The molecule has 0 aliphatic heterocycles. The van der Waals surface area contributed by atoms with Crippen LogP contribution in [0.15, 0.2) is 42.7 Å². The van der Waals surface area contributed by atoms with Gasteiger partial charge in [-0.2, -0.15) is 5.10 Å². The summed E-state index contributed by atoms with van der Waals surface area (Å²) in [5.41, 5.74) is 5.30. The van der Waals surface area contributed by atoms with Gasteiger partial charge < -0.3 is 5.32 Å². The van der Waals surface area contributed by atoms with Crippen LogP contribution >= 0.6 is 0 Å². The first-order valence-electron chi connectivity index (χ1n) is 8.18. The summed E-state index contributed by atoms with van der Waals surface area (Å²) in [4.78, 5) is 20.4. The van der Waals surface area contributed by atoms with Gasteiger partial charge in [-0.3, -0.25) is 14.5 Å². The fourth-order valence-electron chi connectivity index (χ4n) is 2.67. The average molecular weight is 335 g/mol. The summed E-state index contributed by atoms with van der Waals surface area (Å²) in [6, 6.07) is 10.2. The van der Waals surface area contributed by atoms with E-state index >= 15 is 0 Å². The lowest BCUT2D eigenvalue weighted by Crippen LogP contribution is -2.24. The predicted molar refractivity (Wildman–Crippen MR) is 95.2 cm³/mol. The number of hydrogen-bond acceptors (Lipinski definition) is 4. The standard InChI is InChI=1S/C19H21N5O/c1-13-9-21-18(11-20-13)19(25)22-10-17-14(2)23-24(15(17)3)12-16-7-5-4-6-8-16/h4-9,11H,10,12H2,1-3H3,(H,22,25). The second-order valence-electron chi connectivity index (χ2n) is 6.02. The summed E-state index contributed by atoms with van der Waals surface area (Å²) >= 11 is 0. The lowest BCUT2D eigenvalue weighted by Gasteiger charge is -2.07. The van der Waals surface area contributed by atoms with Crippen molar-refractivity contribution in [1.29, 1.82) is 0 Å². The molecule has 2 heterocycles. The van der Waals surface area contributed by atoms with E-state index in [4.69, 9.17) is 0 Å². The Morgan fingerprint density at radius 3 is 2.52 bits per heavy atom. The maximum atomic E-state index is 12.2. The minimum absolute atomic E-state index is 0.234. The second kappa shape index (κ2) is 7.25. The van der Waals surface area contributed by atoms with Crippen LogP contribution < -0.4 is 5.32 Å². The number of nitrogens with one attached hydrogen (secondary N) is 1. The third kappa shape index (κ3) is 3.91. The smallest absolute Gasteiger partial charge is 0.271 e. The number of amides is 1. The first kappa shape index (κ1) is 16.8. The molecule has 3 aromatic rings. The molecule has 0 aliphatic carbocycles. The van der Waals surface area contributed by atoms with Crippen molar-refractivity contribution in [2.24, 2.45) is 0 Å². The van der Waals surface area contributed by atoms with Crippen molar-refractivity contribution in [1.82, 2.24) is 25.1 Å². The molecule has 0 spiro atoms. The largest absolute Gasteiger partial charge is 0.346 e. The SMILES string of the molecule is Cc1cnc(C(=O)NCc2c(C)nn(Cc3ccccc3)c2C)cn1. The molecular formula is C19H21N5O. The Morgan fingerprint density at radius 2 is 1.84 bits per heavy atom. The van der Waals surface area contributed by atoms with E-state index in [-0.39, 0.29) is 5.91 Å². The average Bonchev–Trinajstić information content (AvgIpc) is 2.88. The van der Waals surface area contributed by atoms with Crippen molar-refractivity contribution in [3.05, 3.63) is 76.6 Å². The van der Waals surface area contributed by atoms with Crippen LogP contribution in [0.1, 0.15) is 38.7 Å². The second-order valence-corrected chi connectivity index (χ2v) is 6.02. The van der Waals surface area contributed by atoms with Crippen LogP contribution in [0.4, 0.5) is 0 Å². The minimum atomic E-state index is -0.234. The van der Waals surface area contributed by atoms with E-state index in [9.17, 15) is 4.79 Å². The molecule has 0 aliphatic rings. The molecule has 6 nitrogen and oxygen atoms in total. The van der Waals surface area contributed by atoms with E-state index < -0.39 is 0 Å². The van der Waals surface area contributed by atoms with E-state index in [1.807, 2.05) is 43.7 Å². The number of carbonyl (C=O) groups excluding carboxylic acids is 1. The van der Waals surface area contributed by atoms with Crippen LogP contribution in [-0.2, 0) is 13.1 Å². The van der Waals surface area contributed by atoms with Crippen LogP contribution in [0.2, 0.25) is 0 Å². The van der Waals surface area contributed by atoms with Gasteiger partial charge in [0.05, 0.1) is 24.1 Å². The molecule has 2 aromatic heterocycles. The first-order valence-corrected chi connectivity index (χ1v) is 8.18. The number of aromatic nitrogens is 4. The molecule has 6 heteroatoms. The lowest BCUT2D eigenvalue weighted by atomic mass is 10.2. The summed E-state index contributed by atoms with van der Waals surface area (Å²) in [5.74, 6) is -0.234. The van der Waals surface area contributed by atoms with E-state index in [0.29, 0.717) is 18.8 Å². The summed E-state index contributed by atoms with van der Waals surface area (Å²) in [7, 11) is 0. The van der Waals surface area contributed by atoms with E-state index in [1.165, 1.54) is 11.8 Å². The quantitative estimate of drug-likeness (QED) is 0.778. The van der Waals surface area contributed by atoms with Crippen LogP contribution in [0.3, 0.4) is 0 Å². The fourth-order valence-corrected chi connectivity index (χ4v) is 2.67. The molecule has 0 unspecified atom stereocenters. The summed E-state index contributed by atoms with van der Waals surface area (Å²) in [6.07, 6.45) is 3.08. The molecule has 128 valence electrons. The Morgan fingerprint density at radius 1 is 1.08 bits per heavy atom. The molecule has 1 aromatic carbocycles. The summed E-state index contributed by atoms with van der Waals surface area (Å²) < 4.78 is 1.97. The van der Waals surface area contributed by atoms with Gasteiger partial charge in [-0.25, -0.2) is 4.98 Å². The zero-order valence-electron chi connectivity index (χ0n) is 14.7. The molecule has 3 rings (SSSR count). The minimum Gasteiger partial charge on any atom is -0.346 e. The number of benzene rings is 1. The highest BCUT2D eigenvalue weighted by Gasteiger charge is 2.14. The third-order valence-corrected chi connectivity index (χ3v) is 4.15. The molecular weight excluding hydrogens is 314 g/mol. The van der Waals surface area contributed by atoms with Gasteiger partial charge in [-0.05, 0) is 26.3 Å². The van der Waals surface area contributed by atoms with Crippen LogP contribution in [-0.4, -0.2) is 25.7 Å². The topological polar surface area (TPSA) is 72.7 Å². The van der Waals surface area contributed by atoms with Crippen molar-refractivity contribution in [3.8, 4) is 0 Å². The van der Waals surface area contributed by atoms with Gasteiger partial charge in [0.25, 0.3) is 5.91 Å².